The van der Waals surface area contributed by atoms with Crippen LogP contribution in [0.1, 0.15) is 52.9 Å². The maximum atomic E-state index is 12.2. The number of rotatable bonds is 3. The van der Waals surface area contributed by atoms with Gasteiger partial charge in [0.25, 0.3) is 0 Å². The highest BCUT2D eigenvalue weighted by atomic mass is 16.5. The van der Waals surface area contributed by atoms with E-state index >= 15 is 0 Å². The highest BCUT2D eigenvalue weighted by molar-refractivity contribution is 5.81. The van der Waals surface area contributed by atoms with Crippen LogP contribution in [-0.4, -0.2) is 30.7 Å². The third-order valence-electron chi connectivity index (χ3n) is 4.68. The lowest BCUT2D eigenvalue weighted by molar-refractivity contribution is -0.133. The van der Waals surface area contributed by atoms with Gasteiger partial charge in [0.05, 0.1) is 6.10 Å². The molecule has 1 heterocycles. The molecular formula is C15H28N2O2. The molecule has 19 heavy (non-hydrogen) atoms. The predicted octanol–water partition coefficient (Wildman–Crippen LogP) is 1.82. The van der Waals surface area contributed by atoms with Crippen LogP contribution in [0.25, 0.3) is 0 Å². The first-order chi connectivity index (χ1) is 8.91. The molecule has 1 aliphatic heterocycles. The molecule has 1 aliphatic carbocycles. The smallest absolute Gasteiger partial charge is 0.249 e. The van der Waals surface area contributed by atoms with Gasteiger partial charge in [-0.25, -0.2) is 0 Å². The summed E-state index contributed by atoms with van der Waals surface area (Å²) in [5.41, 5.74) is 5.99. The average molecular weight is 268 g/mol. The molecule has 4 atom stereocenters. The summed E-state index contributed by atoms with van der Waals surface area (Å²) in [6, 6.07) is 0.307. The lowest BCUT2D eigenvalue weighted by Crippen LogP contribution is -2.47. The number of nitrogens with one attached hydrogen (secondary N) is 1. The van der Waals surface area contributed by atoms with Crippen LogP contribution >= 0.6 is 0 Å². The Bertz CT molecular complexity index is 330. The zero-order chi connectivity index (χ0) is 14.0. The predicted molar refractivity (Wildman–Crippen MR) is 75.7 cm³/mol. The molecule has 0 aromatic heterocycles. The second-order valence-corrected chi connectivity index (χ2v) is 7.06. The zero-order valence-electron chi connectivity index (χ0n) is 12.4. The van der Waals surface area contributed by atoms with Crippen molar-refractivity contribution in [3.05, 3.63) is 0 Å². The van der Waals surface area contributed by atoms with Crippen molar-refractivity contribution < 1.29 is 9.53 Å². The number of carbonyl (C=O) groups excluding carboxylic acids is 1. The van der Waals surface area contributed by atoms with E-state index in [1.54, 1.807) is 0 Å². The number of amides is 1. The van der Waals surface area contributed by atoms with E-state index in [0.29, 0.717) is 23.9 Å². The Labute approximate surface area is 116 Å². The number of hydrogen-bond donors (Lipinski definition) is 2. The summed E-state index contributed by atoms with van der Waals surface area (Å²) >= 11 is 0. The lowest BCUT2D eigenvalue weighted by Gasteiger charge is -2.39. The van der Waals surface area contributed by atoms with E-state index in [1.807, 2.05) is 0 Å². The molecule has 3 N–H and O–H groups in total. The zero-order valence-corrected chi connectivity index (χ0v) is 12.4. The summed E-state index contributed by atoms with van der Waals surface area (Å²) < 4.78 is 5.65. The van der Waals surface area contributed by atoms with Gasteiger partial charge in [-0.1, -0.05) is 20.8 Å². The van der Waals surface area contributed by atoms with Gasteiger partial charge in [0, 0.05) is 12.6 Å². The van der Waals surface area contributed by atoms with Gasteiger partial charge in [-0.2, -0.15) is 0 Å². The summed E-state index contributed by atoms with van der Waals surface area (Å²) in [4.78, 5) is 12.2. The topological polar surface area (TPSA) is 64.4 Å². The van der Waals surface area contributed by atoms with Crippen LogP contribution in [0.15, 0.2) is 0 Å². The molecule has 1 saturated heterocycles. The van der Waals surface area contributed by atoms with Crippen molar-refractivity contribution in [3.8, 4) is 0 Å². The first kappa shape index (κ1) is 14.8. The van der Waals surface area contributed by atoms with Crippen LogP contribution < -0.4 is 11.1 Å². The molecular weight excluding hydrogens is 240 g/mol. The van der Waals surface area contributed by atoms with Crippen LogP contribution in [0.5, 0.6) is 0 Å². The van der Waals surface area contributed by atoms with Crippen molar-refractivity contribution in [1.82, 2.24) is 5.32 Å². The highest BCUT2D eigenvalue weighted by Gasteiger charge is 2.36. The molecule has 1 saturated carbocycles. The van der Waals surface area contributed by atoms with E-state index < -0.39 is 0 Å². The second-order valence-electron chi connectivity index (χ2n) is 7.06. The third-order valence-corrected chi connectivity index (χ3v) is 4.68. The third kappa shape index (κ3) is 3.69. The molecule has 0 aromatic carbocycles. The lowest BCUT2D eigenvalue weighted by atomic mass is 9.70. The van der Waals surface area contributed by atoms with Gasteiger partial charge < -0.3 is 15.8 Å². The Hall–Kier alpha value is -0.610. The van der Waals surface area contributed by atoms with Gasteiger partial charge >= 0.3 is 0 Å². The number of nitrogens with two attached hydrogens (primary N) is 1. The number of ether oxygens (including phenoxy) is 1. The van der Waals surface area contributed by atoms with Gasteiger partial charge in [-0.3, -0.25) is 4.79 Å². The fourth-order valence-electron chi connectivity index (χ4n) is 3.51. The van der Waals surface area contributed by atoms with E-state index in [1.165, 1.54) is 12.8 Å². The maximum Gasteiger partial charge on any atom is 0.249 e. The van der Waals surface area contributed by atoms with Crippen LogP contribution in [0.4, 0.5) is 0 Å². The SMILES string of the molecule is CC1CC(C)(C)CCC1NC(=O)[C@@H]1CC[C@H](CN)O1. The molecule has 0 radical (unpaired) electrons. The van der Waals surface area contributed by atoms with Crippen molar-refractivity contribution in [1.29, 1.82) is 0 Å². The minimum Gasteiger partial charge on any atom is -0.364 e. The van der Waals surface area contributed by atoms with Gasteiger partial charge in [0.15, 0.2) is 0 Å². The van der Waals surface area contributed by atoms with E-state index in [0.717, 1.165) is 19.3 Å². The summed E-state index contributed by atoms with van der Waals surface area (Å²) in [5.74, 6) is 0.604. The van der Waals surface area contributed by atoms with Crippen molar-refractivity contribution in [3.63, 3.8) is 0 Å². The first-order valence-corrected chi connectivity index (χ1v) is 7.57. The van der Waals surface area contributed by atoms with Crippen LogP contribution in [0.3, 0.4) is 0 Å². The van der Waals surface area contributed by atoms with Gasteiger partial charge in [-0.05, 0) is 43.4 Å². The minimum atomic E-state index is -0.282. The molecule has 1 amide bonds. The van der Waals surface area contributed by atoms with Crippen molar-refractivity contribution in [2.45, 2.75) is 71.1 Å². The normalized spacial score (nSPS) is 38.1. The Kier molecular flexibility index (Phi) is 4.51. The molecule has 0 aromatic rings. The largest absolute Gasteiger partial charge is 0.364 e. The molecule has 0 bridgehead atoms. The molecule has 4 heteroatoms. The standard InChI is InChI=1S/C15H28N2O2/c1-10-8-15(2,3)7-6-12(10)17-14(18)13-5-4-11(9-16)19-13/h10-13H,4-9,16H2,1-3H3,(H,17,18)/t10?,11-,12?,13+/m1/s1. The number of carbonyl (C=O) groups is 1. The number of hydrogen-bond acceptors (Lipinski definition) is 3. The van der Waals surface area contributed by atoms with Crippen molar-refractivity contribution in [2.24, 2.45) is 17.1 Å². The van der Waals surface area contributed by atoms with E-state index in [9.17, 15) is 4.79 Å². The van der Waals surface area contributed by atoms with Gasteiger partial charge in [0.2, 0.25) is 5.91 Å². The Morgan fingerprint density at radius 2 is 2.11 bits per heavy atom. The molecule has 0 spiro atoms. The summed E-state index contributed by atoms with van der Waals surface area (Å²) in [7, 11) is 0. The van der Waals surface area contributed by atoms with Gasteiger partial charge in [-0.15, -0.1) is 0 Å². The highest BCUT2D eigenvalue weighted by Crippen LogP contribution is 2.38. The quantitative estimate of drug-likeness (QED) is 0.820. The molecule has 2 aliphatic rings. The maximum absolute atomic E-state index is 12.2. The Morgan fingerprint density at radius 3 is 2.68 bits per heavy atom. The molecule has 2 unspecified atom stereocenters. The van der Waals surface area contributed by atoms with Crippen LogP contribution in [-0.2, 0) is 9.53 Å². The minimum absolute atomic E-state index is 0.0625. The van der Waals surface area contributed by atoms with Crippen molar-refractivity contribution >= 4 is 5.91 Å². The Morgan fingerprint density at radius 1 is 1.37 bits per heavy atom. The summed E-state index contributed by atoms with van der Waals surface area (Å²) in [6.07, 6.45) is 4.93. The molecule has 110 valence electrons. The van der Waals surface area contributed by atoms with Crippen molar-refractivity contribution in [2.75, 3.05) is 6.54 Å². The molecule has 4 nitrogen and oxygen atoms in total. The molecule has 2 fully saturated rings. The fourth-order valence-corrected chi connectivity index (χ4v) is 3.51. The summed E-state index contributed by atoms with van der Waals surface area (Å²) in [6.45, 7) is 7.38. The van der Waals surface area contributed by atoms with E-state index in [-0.39, 0.29) is 18.1 Å². The van der Waals surface area contributed by atoms with Gasteiger partial charge in [0.1, 0.15) is 6.10 Å². The summed E-state index contributed by atoms with van der Waals surface area (Å²) in [5, 5.41) is 3.19. The van der Waals surface area contributed by atoms with Crippen LogP contribution in [0, 0.1) is 11.3 Å². The average Bonchev–Trinajstić information content (AvgIpc) is 2.81. The Balaban J connectivity index is 1.83. The monoisotopic (exact) mass is 268 g/mol. The van der Waals surface area contributed by atoms with E-state index in [2.05, 4.69) is 26.1 Å². The van der Waals surface area contributed by atoms with E-state index in [4.69, 9.17) is 10.5 Å². The van der Waals surface area contributed by atoms with Crippen LogP contribution in [0.2, 0.25) is 0 Å². The second kappa shape index (κ2) is 5.80. The first-order valence-electron chi connectivity index (χ1n) is 7.57. The fraction of sp³-hybridized carbons (Fsp3) is 0.933. The molecule has 2 rings (SSSR count).